The molecule has 1 fully saturated rings. The molecule has 1 aromatic rings. The van der Waals surface area contributed by atoms with Crippen LogP contribution < -0.4 is 10.2 Å². The van der Waals surface area contributed by atoms with Crippen LogP contribution in [0.1, 0.15) is 51.3 Å². The SMILES string of the molecule is CC(C)CNc1nc(N2CC[C@@H]2C)nc2c1CCCC2(F)F. The van der Waals surface area contributed by atoms with Crippen molar-refractivity contribution < 1.29 is 8.78 Å². The first-order valence-corrected chi connectivity index (χ1v) is 8.18. The van der Waals surface area contributed by atoms with Gasteiger partial charge in [-0.15, -0.1) is 0 Å². The zero-order chi connectivity index (χ0) is 15.9. The number of fused-ring (bicyclic) bond motifs is 1. The van der Waals surface area contributed by atoms with Gasteiger partial charge in [-0.1, -0.05) is 13.8 Å². The molecule has 22 heavy (non-hydrogen) atoms. The maximum atomic E-state index is 14.3. The van der Waals surface area contributed by atoms with Crippen molar-refractivity contribution in [3.8, 4) is 0 Å². The molecular formula is C16H24F2N4. The second-order valence-electron chi connectivity index (χ2n) is 6.86. The molecule has 4 nitrogen and oxygen atoms in total. The Hall–Kier alpha value is -1.46. The Balaban J connectivity index is 2.01. The molecule has 0 aromatic carbocycles. The van der Waals surface area contributed by atoms with Crippen LogP contribution in [0.3, 0.4) is 0 Å². The molecule has 0 amide bonds. The molecule has 1 aliphatic heterocycles. The highest BCUT2D eigenvalue weighted by atomic mass is 19.3. The van der Waals surface area contributed by atoms with Crippen molar-refractivity contribution in [2.24, 2.45) is 5.92 Å². The van der Waals surface area contributed by atoms with Crippen LogP contribution >= 0.6 is 0 Å². The monoisotopic (exact) mass is 310 g/mol. The molecule has 1 aliphatic carbocycles. The number of rotatable bonds is 4. The molecule has 2 heterocycles. The number of hydrogen-bond acceptors (Lipinski definition) is 4. The summed E-state index contributed by atoms with van der Waals surface area (Å²) >= 11 is 0. The minimum atomic E-state index is -2.84. The molecule has 1 N–H and O–H groups in total. The maximum Gasteiger partial charge on any atom is 0.290 e. The summed E-state index contributed by atoms with van der Waals surface area (Å²) in [6.45, 7) is 7.83. The van der Waals surface area contributed by atoms with E-state index in [9.17, 15) is 8.78 Å². The smallest absolute Gasteiger partial charge is 0.290 e. The Morgan fingerprint density at radius 1 is 1.36 bits per heavy atom. The normalized spacial score (nSPS) is 23.2. The second-order valence-corrected chi connectivity index (χ2v) is 6.86. The lowest BCUT2D eigenvalue weighted by Gasteiger charge is -2.39. The highest BCUT2D eigenvalue weighted by Gasteiger charge is 2.41. The van der Waals surface area contributed by atoms with Crippen LogP contribution in [-0.2, 0) is 12.3 Å². The van der Waals surface area contributed by atoms with Gasteiger partial charge >= 0.3 is 0 Å². The lowest BCUT2D eigenvalue weighted by atomic mass is 9.93. The van der Waals surface area contributed by atoms with E-state index < -0.39 is 5.92 Å². The minimum absolute atomic E-state index is 0.0610. The van der Waals surface area contributed by atoms with Crippen molar-refractivity contribution in [2.75, 3.05) is 23.3 Å². The number of nitrogens with zero attached hydrogens (tertiary/aromatic N) is 3. The first-order valence-electron chi connectivity index (χ1n) is 8.18. The molecular weight excluding hydrogens is 286 g/mol. The zero-order valence-corrected chi connectivity index (χ0v) is 13.5. The van der Waals surface area contributed by atoms with Crippen LogP contribution in [0.4, 0.5) is 20.5 Å². The van der Waals surface area contributed by atoms with Gasteiger partial charge in [0.25, 0.3) is 5.92 Å². The van der Waals surface area contributed by atoms with Crippen LogP contribution in [0, 0.1) is 5.92 Å². The van der Waals surface area contributed by atoms with Gasteiger partial charge in [-0.2, -0.15) is 13.8 Å². The number of aromatic nitrogens is 2. The average Bonchev–Trinajstić information content (AvgIpc) is 2.43. The predicted molar refractivity (Wildman–Crippen MR) is 83.6 cm³/mol. The Labute approximate surface area is 130 Å². The molecule has 0 radical (unpaired) electrons. The van der Waals surface area contributed by atoms with Gasteiger partial charge in [0.15, 0.2) is 0 Å². The van der Waals surface area contributed by atoms with Gasteiger partial charge in [-0.25, -0.2) is 4.98 Å². The van der Waals surface area contributed by atoms with Crippen molar-refractivity contribution in [3.05, 3.63) is 11.3 Å². The van der Waals surface area contributed by atoms with Crippen LogP contribution in [0.25, 0.3) is 0 Å². The number of hydrogen-bond donors (Lipinski definition) is 1. The molecule has 6 heteroatoms. The van der Waals surface area contributed by atoms with Crippen LogP contribution in [0.5, 0.6) is 0 Å². The van der Waals surface area contributed by atoms with E-state index >= 15 is 0 Å². The summed E-state index contributed by atoms with van der Waals surface area (Å²) in [5, 5.41) is 3.26. The molecule has 0 saturated carbocycles. The summed E-state index contributed by atoms with van der Waals surface area (Å²) in [7, 11) is 0. The fourth-order valence-electron chi connectivity index (χ4n) is 3.01. The van der Waals surface area contributed by atoms with Gasteiger partial charge in [-0.05, 0) is 32.1 Å². The first kappa shape index (κ1) is 15.4. The Morgan fingerprint density at radius 3 is 2.73 bits per heavy atom. The van der Waals surface area contributed by atoms with E-state index in [1.807, 2.05) is 4.90 Å². The topological polar surface area (TPSA) is 41.1 Å². The summed E-state index contributed by atoms with van der Waals surface area (Å²) < 4.78 is 28.6. The minimum Gasteiger partial charge on any atom is -0.369 e. The number of anilines is 2. The van der Waals surface area contributed by atoms with Crippen molar-refractivity contribution in [1.29, 1.82) is 0 Å². The summed E-state index contributed by atoms with van der Waals surface area (Å²) in [5.74, 6) is -1.35. The first-order chi connectivity index (χ1) is 10.4. The third-order valence-electron chi connectivity index (χ3n) is 4.51. The fourth-order valence-corrected chi connectivity index (χ4v) is 3.01. The van der Waals surface area contributed by atoms with Crippen molar-refractivity contribution in [2.45, 2.75) is 58.4 Å². The van der Waals surface area contributed by atoms with E-state index in [0.29, 0.717) is 42.1 Å². The van der Waals surface area contributed by atoms with Crippen LogP contribution in [0.15, 0.2) is 0 Å². The fraction of sp³-hybridized carbons (Fsp3) is 0.750. The van der Waals surface area contributed by atoms with E-state index in [1.54, 1.807) is 0 Å². The number of alkyl halides is 2. The molecule has 0 spiro atoms. The van der Waals surface area contributed by atoms with Gasteiger partial charge in [0.1, 0.15) is 11.5 Å². The zero-order valence-electron chi connectivity index (χ0n) is 13.5. The van der Waals surface area contributed by atoms with Gasteiger partial charge < -0.3 is 10.2 Å². The second kappa shape index (κ2) is 5.63. The lowest BCUT2D eigenvalue weighted by molar-refractivity contribution is -0.0262. The Bertz CT molecular complexity index is 559. The van der Waals surface area contributed by atoms with Gasteiger partial charge in [0, 0.05) is 31.1 Å². The van der Waals surface area contributed by atoms with Crippen molar-refractivity contribution in [1.82, 2.24) is 9.97 Å². The van der Waals surface area contributed by atoms with Gasteiger partial charge in [0.2, 0.25) is 5.95 Å². The summed E-state index contributed by atoms with van der Waals surface area (Å²) in [6.07, 6.45) is 2.06. The summed E-state index contributed by atoms with van der Waals surface area (Å²) in [5.41, 5.74) is 0.544. The highest BCUT2D eigenvalue weighted by Crippen LogP contribution is 2.42. The third-order valence-corrected chi connectivity index (χ3v) is 4.51. The van der Waals surface area contributed by atoms with Gasteiger partial charge in [-0.3, -0.25) is 0 Å². The molecule has 122 valence electrons. The van der Waals surface area contributed by atoms with E-state index in [1.165, 1.54) is 0 Å². The van der Waals surface area contributed by atoms with Crippen molar-refractivity contribution in [3.63, 3.8) is 0 Å². The van der Waals surface area contributed by atoms with E-state index in [0.717, 1.165) is 19.5 Å². The summed E-state index contributed by atoms with van der Waals surface area (Å²) in [4.78, 5) is 10.8. The molecule has 1 aromatic heterocycles. The molecule has 1 saturated heterocycles. The average molecular weight is 310 g/mol. The molecule has 1 atom stereocenters. The van der Waals surface area contributed by atoms with Crippen LogP contribution in [-0.4, -0.2) is 29.1 Å². The largest absolute Gasteiger partial charge is 0.369 e. The molecule has 3 rings (SSSR count). The molecule has 0 unspecified atom stereocenters. The standard InChI is InChI=1S/C16H24F2N4/c1-10(2)9-19-14-12-5-4-7-16(17,18)13(12)20-15(21-14)22-8-6-11(22)3/h10-11H,4-9H2,1-3H3,(H,19,20,21)/t11-/m0/s1. The summed E-state index contributed by atoms with van der Waals surface area (Å²) in [6, 6.07) is 0.327. The maximum absolute atomic E-state index is 14.3. The highest BCUT2D eigenvalue weighted by molar-refractivity contribution is 5.54. The number of nitrogens with one attached hydrogen (secondary N) is 1. The third kappa shape index (κ3) is 2.75. The molecule has 2 aliphatic rings. The van der Waals surface area contributed by atoms with Crippen LogP contribution in [0.2, 0.25) is 0 Å². The Kier molecular flexibility index (Phi) is 3.95. The van der Waals surface area contributed by atoms with E-state index in [2.05, 4.69) is 36.1 Å². The quantitative estimate of drug-likeness (QED) is 0.923. The van der Waals surface area contributed by atoms with E-state index in [4.69, 9.17) is 0 Å². The molecule has 0 bridgehead atoms. The van der Waals surface area contributed by atoms with E-state index in [-0.39, 0.29) is 12.1 Å². The Morgan fingerprint density at radius 2 is 2.14 bits per heavy atom. The predicted octanol–water partition coefficient (Wildman–Crippen LogP) is 3.57. The van der Waals surface area contributed by atoms with Gasteiger partial charge in [0.05, 0.1) is 0 Å². The lowest BCUT2D eigenvalue weighted by Crippen LogP contribution is -2.47. The number of halogens is 2. The van der Waals surface area contributed by atoms with Crippen molar-refractivity contribution >= 4 is 11.8 Å².